The molecule has 3 heterocycles. The second-order valence-corrected chi connectivity index (χ2v) is 9.88. The zero-order valence-corrected chi connectivity index (χ0v) is 21.4. The predicted octanol–water partition coefficient (Wildman–Crippen LogP) is 5.06. The number of pyridine rings is 1. The minimum Gasteiger partial charge on any atom is -0.469 e. The maximum Gasteiger partial charge on any atom is 0.306 e. The molecule has 3 aromatic rings. The number of nitrogens with one attached hydrogen (secondary N) is 2. The number of aromatic nitrogens is 2. The van der Waals surface area contributed by atoms with Crippen LogP contribution in [0.5, 0.6) is 0 Å². The number of carbonyl (C=O) groups is 2. The highest BCUT2D eigenvalue weighted by molar-refractivity contribution is 6.38. The smallest absolute Gasteiger partial charge is 0.306 e. The number of hydrogen-bond donors (Lipinski definition) is 2. The minimum absolute atomic E-state index is 0.0262. The zero-order valence-electron chi connectivity index (χ0n) is 19.8. The number of piperidine rings is 1. The lowest BCUT2D eigenvalue weighted by Gasteiger charge is -2.35. The molecule has 1 fully saturated rings. The Morgan fingerprint density at radius 1 is 1.23 bits per heavy atom. The van der Waals surface area contributed by atoms with Crippen LogP contribution in [0.3, 0.4) is 0 Å². The van der Waals surface area contributed by atoms with Crippen LogP contribution in [0.15, 0.2) is 18.3 Å². The van der Waals surface area contributed by atoms with Gasteiger partial charge in [0.15, 0.2) is 5.78 Å². The van der Waals surface area contributed by atoms with Crippen LogP contribution < -0.4 is 5.32 Å². The van der Waals surface area contributed by atoms with E-state index in [-0.39, 0.29) is 22.9 Å². The topological polar surface area (TPSA) is 108 Å². The van der Waals surface area contributed by atoms with E-state index >= 15 is 0 Å². The number of ether oxygens (including phenoxy) is 1. The molecule has 182 valence electrons. The second kappa shape index (κ2) is 9.98. The van der Waals surface area contributed by atoms with Crippen molar-refractivity contribution < 1.29 is 14.3 Å². The van der Waals surface area contributed by atoms with Crippen molar-refractivity contribution in [3.05, 3.63) is 62.0 Å². The molecule has 7 nitrogen and oxygen atoms in total. The zero-order chi connectivity index (χ0) is 25.3. The molecule has 9 heteroatoms. The molecular formula is C26H26Cl2N4O3. The van der Waals surface area contributed by atoms with Crippen molar-refractivity contribution in [1.29, 1.82) is 5.26 Å². The summed E-state index contributed by atoms with van der Waals surface area (Å²) >= 11 is 13.3. The molecular weight excluding hydrogens is 487 g/mol. The number of nitriles is 1. The SMILES string of the molecule is COC(=O)CC1(C(=O)c2ncc(Cl)c(Cc3[nH]c4cc(C#N)cc(C)c4c3C)c2Cl)CCNCC1. The quantitative estimate of drug-likeness (QED) is 0.352. The molecule has 0 radical (unpaired) electrons. The third-order valence-corrected chi connectivity index (χ3v) is 7.70. The summed E-state index contributed by atoms with van der Waals surface area (Å²) in [7, 11) is 1.32. The van der Waals surface area contributed by atoms with Crippen molar-refractivity contribution >= 4 is 45.9 Å². The summed E-state index contributed by atoms with van der Waals surface area (Å²) in [5.41, 5.74) is 4.12. The molecule has 35 heavy (non-hydrogen) atoms. The maximum absolute atomic E-state index is 13.8. The molecule has 0 unspecified atom stereocenters. The van der Waals surface area contributed by atoms with Crippen molar-refractivity contribution in [2.75, 3.05) is 20.2 Å². The first kappa shape index (κ1) is 25.2. The van der Waals surface area contributed by atoms with E-state index in [4.69, 9.17) is 27.9 Å². The maximum atomic E-state index is 13.8. The Morgan fingerprint density at radius 2 is 1.94 bits per heavy atom. The van der Waals surface area contributed by atoms with Crippen LogP contribution in [-0.2, 0) is 16.0 Å². The fraction of sp³-hybridized carbons (Fsp3) is 0.385. The van der Waals surface area contributed by atoms with E-state index in [9.17, 15) is 14.9 Å². The van der Waals surface area contributed by atoms with E-state index in [1.54, 1.807) is 0 Å². The lowest BCUT2D eigenvalue weighted by atomic mass is 9.71. The normalized spacial score (nSPS) is 15.1. The van der Waals surface area contributed by atoms with Gasteiger partial charge in [-0.1, -0.05) is 23.2 Å². The summed E-state index contributed by atoms with van der Waals surface area (Å²) in [5.74, 6) is -0.707. The number of H-pyrrole nitrogens is 1. The number of benzene rings is 1. The summed E-state index contributed by atoms with van der Waals surface area (Å²) in [6.07, 6.45) is 2.74. The summed E-state index contributed by atoms with van der Waals surface area (Å²) in [5, 5.41) is 14.1. The lowest BCUT2D eigenvalue weighted by molar-refractivity contribution is -0.143. The van der Waals surface area contributed by atoms with Crippen LogP contribution in [-0.4, -0.2) is 41.9 Å². The minimum atomic E-state index is -0.929. The van der Waals surface area contributed by atoms with Gasteiger partial charge in [-0.15, -0.1) is 0 Å². The van der Waals surface area contributed by atoms with Crippen molar-refractivity contribution in [2.24, 2.45) is 5.41 Å². The standard InChI is InChI=1S/C26H26Cl2N4O3/c1-14-8-16(12-29)9-20-22(14)15(2)19(32-20)10-17-18(27)13-31-24(23(17)28)25(34)26(11-21(33)35-3)4-6-30-7-5-26/h8-9,13,30,32H,4-7,10-11H2,1-3H3. The third-order valence-electron chi connectivity index (χ3n) is 6.97. The first-order valence-electron chi connectivity index (χ1n) is 11.4. The van der Waals surface area contributed by atoms with Gasteiger partial charge in [0.2, 0.25) is 0 Å². The number of hydrogen-bond acceptors (Lipinski definition) is 6. The monoisotopic (exact) mass is 512 g/mol. The van der Waals surface area contributed by atoms with E-state index in [0.717, 1.165) is 27.7 Å². The van der Waals surface area contributed by atoms with Crippen molar-refractivity contribution in [3.63, 3.8) is 0 Å². The Morgan fingerprint density at radius 3 is 2.60 bits per heavy atom. The van der Waals surface area contributed by atoms with Crippen LogP contribution >= 0.6 is 23.2 Å². The summed E-state index contributed by atoms with van der Waals surface area (Å²) in [6.45, 7) is 5.19. The van der Waals surface area contributed by atoms with Gasteiger partial charge in [-0.3, -0.25) is 9.59 Å². The van der Waals surface area contributed by atoms with Crippen LogP contribution in [0, 0.1) is 30.6 Å². The van der Waals surface area contributed by atoms with E-state index < -0.39 is 11.4 Å². The number of ketones is 1. The number of methoxy groups -OCH3 is 1. The Labute approximate surface area is 213 Å². The third kappa shape index (κ3) is 4.66. The molecule has 0 saturated carbocycles. The highest BCUT2D eigenvalue weighted by Crippen LogP contribution is 2.40. The molecule has 1 aliphatic rings. The summed E-state index contributed by atoms with van der Waals surface area (Å²) in [4.78, 5) is 33.6. The molecule has 0 amide bonds. The molecule has 1 saturated heterocycles. The molecule has 0 atom stereocenters. The first-order chi connectivity index (χ1) is 16.7. The van der Waals surface area contributed by atoms with Gasteiger partial charge in [-0.05, 0) is 68.6 Å². The molecule has 0 spiro atoms. The van der Waals surface area contributed by atoms with Crippen molar-refractivity contribution in [2.45, 2.75) is 39.5 Å². The average molecular weight is 513 g/mol. The number of rotatable bonds is 6. The van der Waals surface area contributed by atoms with Gasteiger partial charge in [-0.2, -0.15) is 5.26 Å². The van der Waals surface area contributed by atoms with E-state index in [0.29, 0.717) is 48.5 Å². The average Bonchev–Trinajstić information content (AvgIpc) is 3.17. The van der Waals surface area contributed by atoms with Gasteiger partial charge < -0.3 is 15.0 Å². The lowest BCUT2D eigenvalue weighted by Crippen LogP contribution is -2.44. The van der Waals surface area contributed by atoms with Crippen LogP contribution in [0.4, 0.5) is 0 Å². The fourth-order valence-electron chi connectivity index (χ4n) is 5.02. The van der Waals surface area contributed by atoms with Crippen molar-refractivity contribution in [1.82, 2.24) is 15.3 Å². The number of carbonyl (C=O) groups excluding carboxylic acids is 2. The molecule has 0 aliphatic carbocycles. The Kier molecular flexibility index (Phi) is 7.18. The number of esters is 1. The molecule has 1 aromatic carbocycles. The largest absolute Gasteiger partial charge is 0.469 e. The highest BCUT2D eigenvalue weighted by Gasteiger charge is 2.43. The van der Waals surface area contributed by atoms with E-state index in [1.165, 1.54) is 13.3 Å². The fourth-order valence-corrected chi connectivity index (χ4v) is 5.58. The van der Waals surface area contributed by atoms with Crippen LogP contribution in [0.25, 0.3) is 10.9 Å². The Hall–Kier alpha value is -2.92. The van der Waals surface area contributed by atoms with Gasteiger partial charge in [0.05, 0.1) is 35.2 Å². The summed E-state index contributed by atoms with van der Waals surface area (Å²) in [6, 6.07) is 5.86. The van der Waals surface area contributed by atoms with Gasteiger partial charge in [0.25, 0.3) is 0 Å². The molecule has 4 rings (SSSR count). The Balaban J connectivity index is 1.75. The summed E-state index contributed by atoms with van der Waals surface area (Å²) < 4.78 is 4.87. The molecule has 1 aliphatic heterocycles. The number of aromatic amines is 1. The number of nitrogens with zero attached hydrogens (tertiary/aromatic N) is 2. The van der Waals surface area contributed by atoms with Crippen LogP contribution in [0.1, 0.15) is 57.7 Å². The van der Waals surface area contributed by atoms with Gasteiger partial charge in [0.1, 0.15) is 5.69 Å². The van der Waals surface area contributed by atoms with Crippen molar-refractivity contribution in [3.8, 4) is 6.07 Å². The molecule has 2 N–H and O–H groups in total. The number of halogens is 2. The predicted molar refractivity (Wildman–Crippen MR) is 135 cm³/mol. The van der Waals surface area contributed by atoms with E-state index in [1.807, 2.05) is 26.0 Å². The highest BCUT2D eigenvalue weighted by atomic mass is 35.5. The van der Waals surface area contributed by atoms with Crippen LogP contribution in [0.2, 0.25) is 10.0 Å². The number of Topliss-reactive ketones (excluding diaryl/α,β-unsaturated/α-hetero) is 1. The Bertz CT molecular complexity index is 1370. The van der Waals surface area contributed by atoms with Gasteiger partial charge in [0, 0.05) is 34.6 Å². The number of aryl methyl sites for hydroxylation is 2. The number of fused-ring (bicyclic) bond motifs is 1. The van der Waals surface area contributed by atoms with Gasteiger partial charge in [-0.25, -0.2) is 4.98 Å². The molecule has 0 bridgehead atoms. The second-order valence-electron chi connectivity index (χ2n) is 9.09. The molecule has 2 aromatic heterocycles. The first-order valence-corrected chi connectivity index (χ1v) is 12.1. The van der Waals surface area contributed by atoms with Gasteiger partial charge >= 0.3 is 5.97 Å². The van der Waals surface area contributed by atoms with E-state index in [2.05, 4.69) is 21.4 Å².